The van der Waals surface area contributed by atoms with E-state index < -0.39 is 0 Å². The summed E-state index contributed by atoms with van der Waals surface area (Å²) in [4.78, 5) is 12.7. The average Bonchev–Trinajstić information content (AvgIpc) is 2.63. The van der Waals surface area contributed by atoms with Gasteiger partial charge in [-0.1, -0.05) is 13.3 Å². The summed E-state index contributed by atoms with van der Waals surface area (Å²) in [5, 5.41) is 11.5. The molecule has 5 aliphatic carbocycles. The number of thioether (sulfide) groups is 1. The molecule has 0 amide bonds. The first kappa shape index (κ1) is 19.1. The number of hydrogen-bond donors (Lipinski definition) is 1. The third kappa shape index (κ3) is 2.33. The van der Waals surface area contributed by atoms with Gasteiger partial charge in [0.05, 0.1) is 18.6 Å². The lowest BCUT2D eigenvalue weighted by atomic mass is 9.35. The summed E-state index contributed by atoms with van der Waals surface area (Å²) in [5.74, 6) is 3.21. The third-order valence-corrected chi connectivity index (χ3v) is 10.2. The summed E-state index contributed by atoms with van der Waals surface area (Å²) < 4.78 is 5.26. The highest BCUT2D eigenvalue weighted by atomic mass is 32.2. The number of fused-ring (bicyclic) bond motifs is 3. The van der Waals surface area contributed by atoms with E-state index in [9.17, 15) is 9.90 Å². The summed E-state index contributed by atoms with van der Waals surface area (Å²) in [6.45, 7) is 4.62. The molecule has 0 aromatic rings. The van der Waals surface area contributed by atoms with E-state index in [4.69, 9.17) is 4.74 Å². The third-order valence-electron chi connectivity index (χ3n) is 9.50. The lowest BCUT2D eigenvalue weighted by Gasteiger charge is -2.70. The normalized spacial score (nSPS) is 52.9. The molecule has 26 heavy (non-hydrogen) atoms. The smallest absolute Gasteiger partial charge is 0.311 e. The van der Waals surface area contributed by atoms with Gasteiger partial charge in [-0.3, -0.25) is 4.79 Å². The second-order valence-electron chi connectivity index (χ2n) is 10.2. The standard InChI is InChI=1S/C22H36O3S/c1-20-8-5-9-21(2,19(24)25-3)16(20)7-11-22-10-6-14(12-17(20)22)15(13-26-4)18(22)23/h14-18,23H,5-13H2,1-4H3/t14?,15?,16?,17?,18?,20-,21-,22?/m1/s1. The second kappa shape index (κ2) is 6.40. The van der Waals surface area contributed by atoms with Crippen molar-refractivity contribution in [3.05, 3.63) is 0 Å². The first-order valence-electron chi connectivity index (χ1n) is 10.6. The van der Waals surface area contributed by atoms with E-state index in [1.165, 1.54) is 25.7 Å². The Morgan fingerprint density at radius 3 is 2.58 bits per heavy atom. The minimum atomic E-state index is -0.344. The first-order valence-corrected chi connectivity index (χ1v) is 12.0. The quantitative estimate of drug-likeness (QED) is 0.731. The topological polar surface area (TPSA) is 46.5 Å². The molecular weight excluding hydrogens is 344 g/mol. The molecule has 6 unspecified atom stereocenters. The van der Waals surface area contributed by atoms with Crippen LogP contribution in [0.2, 0.25) is 0 Å². The Labute approximate surface area is 163 Å². The van der Waals surface area contributed by atoms with Gasteiger partial charge in [0, 0.05) is 0 Å². The van der Waals surface area contributed by atoms with Crippen molar-refractivity contribution in [2.24, 2.45) is 39.9 Å². The zero-order valence-corrected chi connectivity index (χ0v) is 17.7. The Morgan fingerprint density at radius 2 is 1.88 bits per heavy atom. The molecule has 0 radical (unpaired) electrons. The molecule has 4 heteroatoms. The van der Waals surface area contributed by atoms with Gasteiger partial charge in [0.25, 0.3) is 0 Å². The van der Waals surface area contributed by atoms with Gasteiger partial charge in [-0.2, -0.15) is 11.8 Å². The van der Waals surface area contributed by atoms with E-state index in [1.54, 1.807) is 7.11 Å². The average molecular weight is 381 g/mol. The summed E-state index contributed by atoms with van der Waals surface area (Å²) in [6, 6.07) is 0. The molecule has 2 bridgehead atoms. The zero-order valence-electron chi connectivity index (χ0n) is 16.9. The molecule has 3 nitrogen and oxygen atoms in total. The number of ether oxygens (including phenoxy) is 1. The fraction of sp³-hybridized carbons (Fsp3) is 0.955. The molecule has 0 saturated heterocycles. The molecule has 5 saturated carbocycles. The van der Waals surface area contributed by atoms with Gasteiger partial charge in [-0.05, 0) is 98.4 Å². The van der Waals surface area contributed by atoms with Crippen LogP contribution in [0.3, 0.4) is 0 Å². The molecule has 5 aliphatic rings. The zero-order chi connectivity index (χ0) is 18.7. The fourth-order valence-electron chi connectivity index (χ4n) is 8.37. The number of carbonyl (C=O) groups is 1. The number of aliphatic hydroxyl groups is 1. The molecule has 148 valence electrons. The number of carbonyl (C=O) groups excluding carboxylic acids is 1. The Hall–Kier alpha value is -0.220. The van der Waals surface area contributed by atoms with Gasteiger partial charge in [0.2, 0.25) is 0 Å². The number of esters is 1. The SMILES string of the molecule is COC(=O)[C@]1(C)CCC[C@@]2(C)C3CC4CCC3(CCC21)C(O)C4CSC. The van der Waals surface area contributed by atoms with Crippen molar-refractivity contribution >= 4 is 17.7 Å². The van der Waals surface area contributed by atoms with Crippen molar-refractivity contribution in [2.45, 2.75) is 71.3 Å². The van der Waals surface area contributed by atoms with Crippen molar-refractivity contribution in [3.63, 3.8) is 0 Å². The highest BCUT2D eigenvalue weighted by molar-refractivity contribution is 7.98. The monoisotopic (exact) mass is 380 g/mol. The first-order chi connectivity index (χ1) is 12.3. The van der Waals surface area contributed by atoms with Gasteiger partial charge in [0.15, 0.2) is 0 Å². The number of methoxy groups -OCH3 is 1. The molecule has 5 rings (SSSR count). The van der Waals surface area contributed by atoms with Crippen LogP contribution in [0.4, 0.5) is 0 Å². The molecule has 0 aromatic heterocycles. The number of hydrogen-bond acceptors (Lipinski definition) is 4. The largest absolute Gasteiger partial charge is 0.469 e. The van der Waals surface area contributed by atoms with Crippen molar-refractivity contribution in [2.75, 3.05) is 19.1 Å². The molecule has 1 spiro atoms. The molecule has 0 aliphatic heterocycles. The lowest BCUT2D eigenvalue weighted by molar-refractivity contribution is -0.242. The van der Waals surface area contributed by atoms with E-state index in [0.717, 1.165) is 31.4 Å². The number of aliphatic hydroxyl groups excluding tert-OH is 1. The van der Waals surface area contributed by atoms with E-state index in [1.807, 2.05) is 11.8 Å². The predicted molar refractivity (Wildman–Crippen MR) is 106 cm³/mol. The van der Waals surface area contributed by atoms with Gasteiger partial charge >= 0.3 is 5.97 Å². The van der Waals surface area contributed by atoms with E-state index in [-0.39, 0.29) is 28.3 Å². The van der Waals surface area contributed by atoms with Gasteiger partial charge < -0.3 is 9.84 Å². The van der Waals surface area contributed by atoms with E-state index >= 15 is 0 Å². The number of rotatable bonds is 3. The Kier molecular flexibility index (Phi) is 4.71. The van der Waals surface area contributed by atoms with Crippen LogP contribution < -0.4 is 0 Å². The molecule has 8 atom stereocenters. The van der Waals surface area contributed by atoms with Crippen molar-refractivity contribution in [1.82, 2.24) is 0 Å². The van der Waals surface area contributed by atoms with Crippen LogP contribution in [-0.4, -0.2) is 36.3 Å². The van der Waals surface area contributed by atoms with Crippen LogP contribution in [0.15, 0.2) is 0 Å². The van der Waals surface area contributed by atoms with Crippen molar-refractivity contribution in [1.29, 1.82) is 0 Å². The molecule has 1 N–H and O–H groups in total. The highest BCUT2D eigenvalue weighted by Gasteiger charge is 2.68. The van der Waals surface area contributed by atoms with Crippen molar-refractivity contribution < 1.29 is 14.6 Å². The lowest BCUT2D eigenvalue weighted by Crippen LogP contribution is -2.67. The maximum Gasteiger partial charge on any atom is 0.311 e. The summed E-state index contributed by atoms with van der Waals surface area (Å²) in [5.41, 5.74) is -0.0676. The van der Waals surface area contributed by atoms with Gasteiger partial charge in [0.1, 0.15) is 0 Å². The minimum Gasteiger partial charge on any atom is -0.469 e. The maximum atomic E-state index is 12.7. The van der Waals surface area contributed by atoms with Crippen LogP contribution in [0.1, 0.15) is 65.2 Å². The van der Waals surface area contributed by atoms with Crippen LogP contribution in [-0.2, 0) is 9.53 Å². The Balaban J connectivity index is 1.71. The van der Waals surface area contributed by atoms with Crippen LogP contribution >= 0.6 is 11.8 Å². The summed E-state index contributed by atoms with van der Waals surface area (Å²) >= 11 is 1.89. The van der Waals surface area contributed by atoms with Crippen LogP contribution in [0.5, 0.6) is 0 Å². The van der Waals surface area contributed by atoms with Crippen LogP contribution in [0, 0.1) is 39.9 Å². The minimum absolute atomic E-state index is 0.00819. The fourth-order valence-corrected chi connectivity index (χ4v) is 9.21. The maximum absolute atomic E-state index is 12.7. The van der Waals surface area contributed by atoms with Gasteiger partial charge in [-0.25, -0.2) is 0 Å². The Morgan fingerprint density at radius 1 is 1.15 bits per heavy atom. The molecule has 0 aromatic carbocycles. The summed E-state index contributed by atoms with van der Waals surface area (Å²) in [6.07, 6.45) is 11.3. The Bertz CT molecular complexity index is 580. The van der Waals surface area contributed by atoms with Gasteiger partial charge in [-0.15, -0.1) is 0 Å². The highest BCUT2D eigenvalue weighted by Crippen LogP contribution is 2.72. The molecule has 0 heterocycles. The van der Waals surface area contributed by atoms with Crippen molar-refractivity contribution in [3.8, 4) is 0 Å². The van der Waals surface area contributed by atoms with E-state index in [2.05, 4.69) is 20.1 Å². The molecule has 5 fully saturated rings. The molecular formula is C22H36O3S. The second-order valence-corrected chi connectivity index (χ2v) is 11.2. The van der Waals surface area contributed by atoms with Crippen LogP contribution in [0.25, 0.3) is 0 Å². The summed E-state index contributed by atoms with van der Waals surface area (Å²) in [7, 11) is 1.54. The predicted octanol–water partition coefficient (Wildman–Crippen LogP) is 4.52. The van der Waals surface area contributed by atoms with E-state index in [0.29, 0.717) is 23.7 Å².